The van der Waals surface area contributed by atoms with Gasteiger partial charge < -0.3 is 5.73 Å². The van der Waals surface area contributed by atoms with Crippen molar-refractivity contribution in [3.05, 3.63) is 75.2 Å². The molecule has 24 heavy (non-hydrogen) atoms. The first kappa shape index (κ1) is 16.4. The van der Waals surface area contributed by atoms with Gasteiger partial charge in [-0.2, -0.15) is 0 Å². The van der Waals surface area contributed by atoms with Crippen molar-refractivity contribution in [3.8, 4) is 0 Å². The lowest BCUT2D eigenvalue weighted by molar-refractivity contribution is 0.0978. The quantitative estimate of drug-likeness (QED) is 0.864. The minimum absolute atomic E-state index is 0.259. The molecule has 0 aromatic heterocycles. The van der Waals surface area contributed by atoms with Crippen molar-refractivity contribution in [2.45, 2.75) is 19.1 Å². The maximum atomic E-state index is 13.0. The zero-order valence-electron chi connectivity index (χ0n) is 13.0. The first-order chi connectivity index (χ1) is 11.5. The number of benzene rings is 2. The molecule has 2 unspecified atom stereocenters. The number of hydrogen-bond donors (Lipinski definition) is 1. The Morgan fingerprint density at radius 2 is 1.96 bits per heavy atom. The van der Waals surface area contributed by atoms with E-state index in [1.807, 2.05) is 31.2 Å². The third-order valence-electron chi connectivity index (χ3n) is 4.00. The number of nitrogens with two attached hydrogens (primary N) is 1. The largest absolute Gasteiger partial charge is 0.305 e. The number of anilines is 1. The van der Waals surface area contributed by atoms with Gasteiger partial charge in [0.15, 0.2) is 6.17 Å². The highest BCUT2D eigenvalue weighted by atomic mass is 35.5. The number of amides is 1. The van der Waals surface area contributed by atoms with Gasteiger partial charge >= 0.3 is 0 Å². The normalized spacial score (nSPS) is 17.3. The van der Waals surface area contributed by atoms with Crippen molar-refractivity contribution >= 4 is 29.3 Å². The van der Waals surface area contributed by atoms with E-state index in [0.717, 1.165) is 11.1 Å². The van der Waals surface area contributed by atoms with Crippen molar-refractivity contribution in [1.82, 2.24) is 0 Å². The number of nitrogens with zero attached hydrogens (tertiary/aromatic N) is 2. The van der Waals surface area contributed by atoms with E-state index in [2.05, 4.69) is 5.18 Å². The molecular weight excluding hydrogens is 326 g/mol. The van der Waals surface area contributed by atoms with Crippen LogP contribution in [0.15, 0.2) is 53.7 Å². The van der Waals surface area contributed by atoms with E-state index in [0.29, 0.717) is 16.3 Å². The fourth-order valence-corrected chi connectivity index (χ4v) is 2.91. The highest BCUT2D eigenvalue weighted by molar-refractivity contribution is 6.30. The topological polar surface area (TPSA) is 75.8 Å². The van der Waals surface area contributed by atoms with Crippen LogP contribution < -0.4 is 10.6 Å². The Kier molecular flexibility index (Phi) is 4.46. The second kappa shape index (κ2) is 6.55. The molecule has 0 bridgehead atoms. The Morgan fingerprint density at radius 3 is 2.62 bits per heavy atom. The van der Waals surface area contributed by atoms with Gasteiger partial charge in [0, 0.05) is 10.6 Å². The average Bonchev–Trinajstić information content (AvgIpc) is 2.60. The minimum atomic E-state index is -1.05. The Labute approximate surface area is 144 Å². The summed E-state index contributed by atoms with van der Waals surface area (Å²) >= 11 is 5.89. The number of hydrogen-bond acceptors (Lipinski definition) is 4. The molecule has 2 aromatic rings. The molecule has 2 atom stereocenters. The molecule has 0 fully saturated rings. The van der Waals surface area contributed by atoms with E-state index in [9.17, 15) is 9.70 Å². The highest BCUT2D eigenvalue weighted by Crippen LogP contribution is 2.32. The van der Waals surface area contributed by atoms with Gasteiger partial charge in [-0.25, -0.2) is 0 Å². The molecule has 0 aliphatic carbocycles. The number of rotatable bonds is 3. The molecule has 2 N–H and O–H groups in total. The van der Waals surface area contributed by atoms with Crippen LogP contribution in [0.2, 0.25) is 5.02 Å². The predicted molar refractivity (Wildman–Crippen MR) is 96.0 cm³/mol. The first-order valence-electron chi connectivity index (χ1n) is 7.47. The second-order valence-electron chi connectivity index (χ2n) is 5.69. The summed E-state index contributed by atoms with van der Waals surface area (Å²) in [5.41, 5.74) is 8.96. The third kappa shape index (κ3) is 2.96. The number of carbonyl (C=O) groups is 1. The zero-order valence-corrected chi connectivity index (χ0v) is 13.8. The van der Waals surface area contributed by atoms with Crippen LogP contribution in [0, 0.1) is 11.8 Å². The second-order valence-corrected chi connectivity index (χ2v) is 6.13. The van der Waals surface area contributed by atoms with Gasteiger partial charge in [-0.1, -0.05) is 35.4 Å². The minimum Gasteiger partial charge on any atom is -0.305 e. The Balaban J connectivity index is 2.09. The van der Waals surface area contributed by atoms with Crippen LogP contribution in [0.25, 0.3) is 6.08 Å². The molecule has 1 heterocycles. The van der Waals surface area contributed by atoms with Crippen LogP contribution in [-0.2, 0) is 0 Å². The summed E-state index contributed by atoms with van der Waals surface area (Å²) in [7, 11) is 0. The van der Waals surface area contributed by atoms with Crippen LogP contribution in [0.4, 0.5) is 5.69 Å². The Hall–Kier alpha value is -2.50. The zero-order chi connectivity index (χ0) is 17.3. The summed E-state index contributed by atoms with van der Waals surface area (Å²) in [6.45, 7) is 1.98. The summed E-state index contributed by atoms with van der Waals surface area (Å²) in [6, 6.07) is 11.7. The highest BCUT2D eigenvalue weighted by Gasteiger charge is 2.33. The Bertz CT molecular complexity index is 818. The molecule has 0 saturated carbocycles. The molecule has 2 aromatic carbocycles. The Morgan fingerprint density at radius 1 is 1.25 bits per heavy atom. The molecule has 1 aliphatic heterocycles. The molecule has 1 aliphatic rings. The predicted octanol–water partition coefficient (Wildman–Crippen LogP) is 3.74. The van der Waals surface area contributed by atoms with Crippen molar-refractivity contribution in [2.75, 3.05) is 4.90 Å². The maximum Gasteiger partial charge on any atom is 0.258 e. The number of halogens is 1. The average molecular weight is 342 g/mol. The maximum absolute atomic E-state index is 13.0. The smallest absolute Gasteiger partial charge is 0.258 e. The summed E-state index contributed by atoms with van der Waals surface area (Å²) in [5, 5.41) is 3.45. The van der Waals surface area contributed by atoms with E-state index in [1.54, 1.807) is 30.3 Å². The summed E-state index contributed by atoms with van der Waals surface area (Å²) in [6.07, 6.45) is 2.55. The van der Waals surface area contributed by atoms with Crippen LogP contribution in [-0.4, -0.2) is 18.1 Å². The monoisotopic (exact) mass is 341 g/mol. The molecule has 5 nitrogen and oxygen atoms in total. The molecule has 0 radical (unpaired) electrons. The van der Waals surface area contributed by atoms with Crippen LogP contribution in [0.1, 0.15) is 21.5 Å². The van der Waals surface area contributed by atoms with E-state index in [4.69, 9.17) is 17.3 Å². The van der Waals surface area contributed by atoms with Gasteiger partial charge in [-0.15, -0.1) is 4.91 Å². The lowest BCUT2D eigenvalue weighted by Crippen LogP contribution is -2.50. The molecular formula is C18H16ClN3O2. The van der Waals surface area contributed by atoms with Gasteiger partial charge in [-0.3, -0.25) is 9.69 Å². The summed E-state index contributed by atoms with van der Waals surface area (Å²) in [5.74, 6) is -0.259. The van der Waals surface area contributed by atoms with Crippen LogP contribution in [0.3, 0.4) is 0 Å². The van der Waals surface area contributed by atoms with Crippen molar-refractivity contribution in [3.63, 3.8) is 0 Å². The van der Waals surface area contributed by atoms with Gasteiger partial charge in [0.25, 0.3) is 5.91 Å². The first-order valence-corrected chi connectivity index (χ1v) is 7.85. The fourth-order valence-electron chi connectivity index (χ4n) is 2.78. The molecule has 122 valence electrons. The lowest BCUT2D eigenvalue weighted by atomic mass is 9.98. The molecule has 1 amide bonds. The van der Waals surface area contributed by atoms with E-state index in [-0.39, 0.29) is 5.91 Å². The van der Waals surface area contributed by atoms with E-state index in [1.165, 1.54) is 4.90 Å². The number of fused-ring (bicyclic) bond motifs is 1. The number of aryl methyl sites for hydroxylation is 1. The summed E-state index contributed by atoms with van der Waals surface area (Å²) in [4.78, 5) is 25.5. The number of carbonyl (C=O) groups excluding carboxylic acids is 1. The van der Waals surface area contributed by atoms with E-state index < -0.39 is 12.2 Å². The standard InChI is InChI=1S/C18H16ClN3O2/c1-11-2-8-15-13(10-11)5-9-16(17(20)21-24)22(15)18(23)12-3-6-14(19)7-4-12/h2-10,16-17H,20H2,1H3. The van der Waals surface area contributed by atoms with Gasteiger partial charge in [0.2, 0.25) is 0 Å². The molecule has 0 spiro atoms. The summed E-state index contributed by atoms with van der Waals surface area (Å²) < 4.78 is 0. The fraction of sp³-hybridized carbons (Fsp3) is 0.167. The van der Waals surface area contributed by atoms with Crippen molar-refractivity contribution in [1.29, 1.82) is 0 Å². The van der Waals surface area contributed by atoms with Crippen molar-refractivity contribution in [2.24, 2.45) is 10.9 Å². The van der Waals surface area contributed by atoms with E-state index >= 15 is 0 Å². The van der Waals surface area contributed by atoms with Gasteiger partial charge in [-0.05, 0) is 54.1 Å². The van der Waals surface area contributed by atoms with Crippen LogP contribution in [0.5, 0.6) is 0 Å². The third-order valence-corrected chi connectivity index (χ3v) is 4.25. The SMILES string of the molecule is Cc1ccc2c(c1)C=CC(C(N)N=O)N2C(=O)c1ccc(Cl)cc1. The number of nitroso groups, excluding NO2 is 1. The van der Waals surface area contributed by atoms with Crippen molar-refractivity contribution < 1.29 is 4.79 Å². The molecule has 0 saturated heterocycles. The van der Waals surface area contributed by atoms with Gasteiger partial charge in [0.05, 0.1) is 11.7 Å². The van der Waals surface area contributed by atoms with Gasteiger partial charge in [0.1, 0.15) is 0 Å². The van der Waals surface area contributed by atoms with Crippen LogP contribution >= 0.6 is 11.6 Å². The molecule has 3 rings (SSSR count). The molecule has 6 heteroatoms. The lowest BCUT2D eigenvalue weighted by Gasteiger charge is -2.35.